The molecule has 0 bridgehead atoms. The number of rotatable bonds is 1. The lowest BCUT2D eigenvalue weighted by Gasteiger charge is -2.22. The molecule has 5 heteroatoms. The molecule has 1 aromatic carbocycles. The molecule has 1 spiro atoms. The van der Waals surface area contributed by atoms with Crippen LogP contribution in [-0.4, -0.2) is 16.6 Å². The minimum absolute atomic E-state index is 0.156. The van der Waals surface area contributed by atoms with Crippen LogP contribution in [0.4, 0.5) is 4.79 Å². The number of amides is 2. The van der Waals surface area contributed by atoms with Crippen LogP contribution in [-0.2, 0) is 0 Å². The van der Waals surface area contributed by atoms with Gasteiger partial charge in [0.2, 0.25) is 0 Å². The van der Waals surface area contributed by atoms with Gasteiger partial charge in [-0.15, -0.1) is 0 Å². The first-order valence-electron chi connectivity index (χ1n) is 5.98. The van der Waals surface area contributed by atoms with E-state index in [1.54, 1.807) is 0 Å². The molecule has 1 aromatic rings. The topological polar surface area (TPSA) is 41.1 Å². The maximum Gasteiger partial charge on any atom is 0.320 e. The van der Waals surface area contributed by atoms with Crippen LogP contribution in [0.25, 0.3) is 0 Å². The summed E-state index contributed by atoms with van der Waals surface area (Å²) in [6, 6.07) is 8.24. The second-order valence-corrected chi connectivity index (χ2v) is 6.31. The molecule has 1 saturated carbocycles. The molecular formula is C13H13BrN2OS. The smallest absolute Gasteiger partial charge is 0.320 e. The molecule has 1 saturated heterocycles. The molecule has 2 fully saturated rings. The highest BCUT2D eigenvalue weighted by Gasteiger charge is 2.48. The molecule has 1 unspecified atom stereocenters. The average molecular weight is 325 g/mol. The summed E-state index contributed by atoms with van der Waals surface area (Å²) in [6.45, 7) is 0. The van der Waals surface area contributed by atoms with Crippen LogP contribution in [0.2, 0.25) is 0 Å². The first-order valence-corrected chi connectivity index (χ1v) is 7.18. The highest BCUT2D eigenvalue weighted by molar-refractivity contribution is 9.10. The van der Waals surface area contributed by atoms with Crippen LogP contribution in [0.15, 0.2) is 28.7 Å². The maximum atomic E-state index is 11.4. The minimum atomic E-state index is -0.301. The Balaban J connectivity index is 1.81. The van der Waals surface area contributed by atoms with Gasteiger partial charge in [0.15, 0.2) is 0 Å². The van der Waals surface area contributed by atoms with E-state index in [0.29, 0.717) is 10.9 Å². The molecule has 0 aromatic heterocycles. The summed E-state index contributed by atoms with van der Waals surface area (Å²) >= 11 is 8.73. The highest BCUT2D eigenvalue weighted by Crippen LogP contribution is 2.42. The number of thiocarbonyl (C=S) groups is 1. The van der Waals surface area contributed by atoms with Crippen molar-refractivity contribution in [3.05, 3.63) is 34.3 Å². The van der Waals surface area contributed by atoms with Crippen molar-refractivity contribution in [2.24, 2.45) is 0 Å². The number of nitrogens with one attached hydrogen (secondary N) is 2. The molecule has 2 amide bonds. The van der Waals surface area contributed by atoms with E-state index in [-0.39, 0.29) is 11.6 Å². The number of hydrogen-bond donors (Lipinski definition) is 2. The van der Waals surface area contributed by atoms with Gasteiger partial charge in [-0.1, -0.05) is 40.3 Å². The van der Waals surface area contributed by atoms with E-state index in [2.05, 4.69) is 50.8 Å². The Hall–Kier alpha value is -0.940. The molecule has 0 radical (unpaired) electrons. The second kappa shape index (κ2) is 4.31. The Morgan fingerprint density at radius 3 is 2.67 bits per heavy atom. The lowest BCUT2D eigenvalue weighted by Crippen LogP contribution is -2.43. The molecule has 18 heavy (non-hydrogen) atoms. The van der Waals surface area contributed by atoms with Gasteiger partial charge < -0.3 is 10.6 Å². The Morgan fingerprint density at radius 1 is 1.33 bits per heavy atom. The fourth-order valence-corrected chi connectivity index (χ4v) is 3.51. The van der Waals surface area contributed by atoms with E-state index in [1.807, 2.05) is 0 Å². The van der Waals surface area contributed by atoms with Crippen LogP contribution >= 0.6 is 28.1 Å². The van der Waals surface area contributed by atoms with Crippen molar-refractivity contribution >= 4 is 39.2 Å². The second-order valence-electron chi connectivity index (χ2n) is 4.98. The molecule has 2 aliphatic rings. The predicted molar refractivity (Wildman–Crippen MR) is 77.7 cm³/mol. The number of carbonyl (C=O) groups excluding carboxylic acids is 1. The summed E-state index contributed by atoms with van der Waals surface area (Å²) in [5.74, 6) is 0.469. The summed E-state index contributed by atoms with van der Waals surface area (Å²) in [4.78, 5) is 12.0. The van der Waals surface area contributed by atoms with Crippen LogP contribution in [0, 0.1) is 0 Å². The van der Waals surface area contributed by atoms with Crippen molar-refractivity contribution < 1.29 is 4.79 Å². The Labute approximate surface area is 119 Å². The van der Waals surface area contributed by atoms with Crippen LogP contribution in [0.5, 0.6) is 0 Å². The van der Waals surface area contributed by atoms with Gasteiger partial charge in [-0.05, 0) is 42.9 Å². The fourth-order valence-electron chi connectivity index (χ4n) is 2.91. The molecule has 3 rings (SSSR count). The molecule has 3 nitrogen and oxygen atoms in total. The van der Waals surface area contributed by atoms with Gasteiger partial charge in [0.05, 0.1) is 5.54 Å². The Morgan fingerprint density at radius 2 is 2.06 bits per heavy atom. The zero-order chi connectivity index (χ0) is 12.8. The van der Waals surface area contributed by atoms with Crippen molar-refractivity contribution in [3.8, 4) is 0 Å². The first-order chi connectivity index (χ1) is 8.59. The van der Waals surface area contributed by atoms with Gasteiger partial charge in [-0.2, -0.15) is 0 Å². The summed E-state index contributed by atoms with van der Waals surface area (Å²) in [7, 11) is 0. The summed E-state index contributed by atoms with van der Waals surface area (Å²) in [6.07, 6.45) is 2.88. The van der Waals surface area contributed by atoms with Crippen molar-refractivity contribution in [2.75, 3.05) is 0 Å². The van der Waals surface area contributed by atoms with E-state index < -0.39 is 0 Å². The molecule has 1 heterocycles. The quantitative estimate of drug-likeness (QED) is 0.779. The first kappa shape index (κ1) is 12.1. The van der Waals surface area contributed by atoms with Crippen LogP contribution in [0.3, 0.4) is 0 Å². The minimum Gasteiger partial charge on any atom is -0.326 e. The van der Waals surface area contributed by atoms with E-state index >= 15 is 0 Å². The fraction of sp³-hybridized carbons (Fsp3) is 0.385. The van der Waals surface area contributed by atoms with E-state index in [1.165, 1.54) is 5.56 Å². The zero-order valence-corrected chi connectivity index (χ0v) is 12.1. The third-order valence-corrected chi connectivity index (χ3v) is 4.89. The maximum absolute atomic E-state index is 11.4. The largest absolute Gasteiger partial charge is 0.326 e. The van der Waals surface area contributed by atoms with E-state index in [9.17, 15) is 4.79 Å². The van der Waals surface area contributed by atoms with Crippen molar-refractivity contribution in [1.82, 2.24) is 10.6 Å². The van der Waals surface area contributed by atoms with Crippen molar-refractivity contribution in [1.29, 1.82) is 0 Å². The van der Waals surface area contributed by atoms with Crippen molar-refractivity contribution in [3.63, 3.8) is 0 Å². The van der Waals surface area contributed by atoms with Gasteiger partial charge in [0, 0.05) is 4.47 Å². The third kappa shape index (κ3) is 1.95. The lowest BCUT2D eigenvalue weighted by molar-refractivity contribution is 0.244. The molecule has 2 atom stereocenters. The standard InChI is InChI=1S/C13H13BrN2OS/c14-10-3-1-8(2-4-10)9-5-6-13(7-9)11(18)15-12(17)16-13/h1-4,9H,5-7H2,(H2,15,16,17,18)/t9-,13?/m0/s1. The van der Waals surface area contributed by atoms with Gasteiger partial charge in [0.1, 0.15) is 4.99 Å². The molecule has 1 aliphatic carbocycles. The van der Waals surface area contributed by atoms with Gasteiger partial charge in [0.25, 0.3) is 0 Å². The Kier molecular flexibility index (Phi) is 2.90. The molecule has 94 valence electrons. The van der Waals surface area contributed by atoms with Gasteiger partial charge in [-0.3, -0.25) is 0 Å². The highest BCUT2D eigenvalue weighted by atomic mass is 79.9. The van der Waals surface area contributed by atoms with Crippen LogP contribution < -0.4 is 10.6 Å². The third-order valence-electron chi connectivity index (χ3n) is 3.87. The predicted octanol–water partition coefficient (Wildman–Crippen LogP) is 3.10. The Bertz CT molecular complexity index is 516. The normalized spacial score (nSPS) is 30.6. The van der Waals surface area contributed by atoms with Crippen molar-refractivity contribution in [2.45, 2.75) is 30.7 Å². The summed E-state index contributed by atoms with van der Waals surface area (Å²) in [5.41, 5.74) is 1.02. The number of hydrogen-bond acceptors (Lipinski definition) is 2. The van der Waals surface area contributed by atoms with Gasteiger partial charge >= 0.3 is 6.03 Å². The number of benzene rings is 1. The monoisotopic (exact) mass is 324 g/mol. The van der Waals surface area contributed by atoms with Crippen LogP contribution in [0.1, 0.15) is 30.7 Å². The molecule has 1 aliphatic heterocycles. The number of halogens is 1. The van der Waals surface area contributed by atoms with E-state index in [4.69, 9.17) is 12.2 Å². The SMILES string of the molecule is O=C1NC(=S)C2(CC[C@H](c3ccc(Br)cc3)C2)N1. The average Bonchev–Trinajstić information content (AvgIpc) is 2.86. The lowest BCUT2D eigenvalue weighted by atomic mass is 9.93. The number of carbonyl (C=O) groups is 1. The van der Waals surface area contributed by atoms with E-state index in [0.717, 1.165) is 23.7 Å². The summed E-state index contributed by atoms with van der Waals surface area (Å²) in [5, 5.41) is 5.69. The molecular weight excluding hydrogens is 312 g/mol. The summed E-state index contributed by atoms with van der Waals surface area (Å²) < 4.78 is 1.09. The zero-order valence-electron chi connectivity index (χ0n) is 9.70. The number of urea groups is 1. The van der Waals surface area contributed by atoms with Gasteiger partial charge in [-0.25, -0.2) is 4.79 Å². The molecule has 2 N–H and O–H groups in total.